The van der Waals surface area contributed by atoms with E-state index >= 15 is 0 Å². The fourth-order valence-corrected chi connectivity index (χ4v) is 4.36. The lowest BCUT2D eigenvalue weighted by molar-refractivity contribution is -0.156. The number of ether oxygens (including phenoxy) is 1. The third-order valence-corrected chi connectivity index (χ3v) is 5.54. The van der Waals surface area contributed by atoms with Crippen LogP contribution >= 0.6 is 0 Å². The van der Waals surface area contributed by atoms with Crippen LogP contribution in [0.4, 0.5) is 0 Å². The van der Waals surface area contributed by atoms with Crippen molar-refractivity contribution >= 4 is 5.97 Å². The summed E-state index contributed by atoms with van der Waals surface area (Å²) in [6.07, 6.45) is 7.44. The van der Waals surface area contributed by atoms with Crippen molar-refractivity contribution in [3.05, 3.63) is 75.6 Å². The molecule has 7 heteroatoms. The lowest BCUT2D eigenvalue weighted by Gasteiger charge is -2.53. The van der Waals surface area contributed by atoms with Crippen molar-refractivity contribution in [2.24, 2.45) is 11.8 Å². The van der Waals surface area contributed by atoms with Crippen LogP contribution in [0, 0.1) is 11.8 Å². The number of nitrogens with zero attached hydrogens (tertiary/aromatic N) is 3. The summed E-state index contributed by atoms with van der Waals surface area (Å²) in [5.74, 6) is -0.714. The number of aromatic nitrogens is 3. The lowest BCUT2D eigenvalue weighted by Crippen LogP contribution is -2.64. The Morgan fingerprint density at radius 2 is 1.84 bits per heavy atom. The van der Waals surface area contributed by atoms with Crippen LogP contribution in [0.25, 0.3) is 5.69 Å². The summed E-state index contributed by atoms with van der Waals surface area (Å²) in [6.45, 7) is 0. The van der Waals surface area contributed by atoms with Crippen molar-refractivity contribution in [2.75, 3.05) is 7.11 Å². The van der Waals surface area contributed by atoms with E-state index in [0.29, 0.717) is 5.69 Å². The average Bonchev–Trinajstić information content (AvgIpc) is 2.87. The molecule has 2 bridgehead atoms. The second-order valence-electron chi connectivity index (χ2n) is 6.55. The zero-order valence-electron chi connectivity index (χ0n) is 13.4. The number of esters is 1. The molecule has 0 spiro atoms. The summed E-state index contributed by atoms with van der Waals surface area (Å²) < 4.78 is 8.81. The second kappa shape index (κ2) is 4.50. The van der Waals surface area contributed by atoms with Gasteiger partial charge in [-0.05, 0) is 18.2 Å². The lowest BCUT2D eigenvalue weighted by atomic mass is 9.61. The number of hydrogen-bond acceptors (Lipinski definition) is 4. The molecule has 25 heavy (non-hydrogen) atoms. The standard InChI is InChI=1S/C18H15N3O4/c1-25-15(22)18-10-9-14(12-7-8-13(12)18)20-16(23)19(17(24)21(18)20)11-5-3-2-4-6-11/h2-10,12-14H,1H3/t12-,13+,14-,18+/m0/s1. The molecule has 3 heterocycles. The van der Waals surface area contributed by atoms with Gasteiger partial charge in [0.15, 0.2) is 5.54 Å². The molecule has 4 atom stereocenters. The highest BCUT2D eigenvalue weighted by Gasteiger charge is 2.61. The Kier molecular flexibility index (Phi) is 2.57. The van der Waals surface area contributed by atoms with E-state index in [1.165, 1.54) is 16.5 Å². The molecule has 0 fully saturated rings. The van der Waals surface area contributed by atoms with Gasteiger partial charge in [-0.15, -0.1) is 0 Å². The minimum absolute atomic E-state index is 0.00724. The summed E-state index contributed by atoms with van der Waals surface area (Å²) in [7, 11) is 1.30. The van der Waals surface area contributed by atoms with Crippen LogP contribution in [0.1, 0.15) is 6.04 Å². The van der Waals surface area contributed by atoms with Gasteiger partial charge in [0, 0.05) is 11.8 Å². The van der Waals surface area contributed by atoms with Gasteiger partial charge >= 0.3 is 17.3 Å². The second-order valence-corrected chi connectivity index (χ2v) is 6.55. The highest BCUT2D eigenvalue weighted by Crippen LogP contribution is 2.53. The first-order valence-corrected chi connectivity index (χ1v) is 8.10. The molecule has 0 unspecified atom stereocenters. The molecular formula is C18H15N3O4. The topological polar surface area (TPSA) is 75.2 Å². The Bertz CT molecular complexity index is 1070. The van der Waals surface area contributed by atoms with E-state index in [1.54, 1.807) is 30.3 Å². The van der Waals surface area contributed by atoms with Crippen LogP contribution in [0.15, 0.2) is 64.2 Å². The van der Waals surface area contributed by atoms with Gasteiger partial charge in [-0.1, -0.05) is 36.4 Å². The van der Waals surface area contributed by atoms with Crippen molar-refractivity contribution in [3.63, 3.8) is 0 Å². The number of para-hydroxylation sites is 1. The number of rotatable bonds is 2. The molecule has 1 aromatic carbocycles. The quantitative estimate of drug-likeness (QED) is 0.594. The largest absolute Gasteiger partial charge is 0.467 e. The number of benzene rings is 1. The molecule has 4 aliphatic rings. The van der Waals surface area contributed by atoms with Crippen LogP contribution < -0.4 is 11.4 Å². The average molecular weight is 337 g/mol. The van der Waals surface area contributed by atoms with Gasteiger partial charge in [0.2, 0.25) is 0 Å². The van der Waals surface area contributed by atoms with Gasteiger partial charge in [-0.3, -0.25) is 0 Å². The molecule has 2 aromatic rings. The van der Waals surface area contributed by atoms with Gasteiger partial charge in [0.05, 0.1) is 18.8 Å². The summed E-state index contributed by atoms with van der Waals surface area (Å²) >= 11 is 0. The third kappa shape index (κ3) is 1.45. The van der Waals surface area contributed by atoms with Crippen LogP contribution in [0.5, 0.6) is 0 Å². The molecule has 0 radical (unpaired) electrons. The van der Waals surface area contributed by atoms with E-state index in [1.807, 2.05) is 24.3 Å². The summed E-state index contributed by atoms with van der Waals surface area (Å²) in [6, 6.07) is 8.46. The van der Waals surface area contributed by atoms with Gasteiger partial charge in [-0.25, -0.2) is 28.3 Å². The fourth-order valence-electron chi connectivity index (χ4n) is 4.36. The molecule has 0 N–H and O–H groups in total. The number of methoxy groups -OCH3 is 1. The highest BCUT2D eigenvalue weighted by atomic mass is 16.5. The van der Waals surface area contributed by atoms with E-state index in [9.17, 15) is 14.4 Å². The number of allylic oxidation sites excluding steroid dienone is 3. The van der Waals surface area contributed by atoms with Gasteiger partial charge < -0.3 is 4.74 Å². The minimum Gasteiger partial charge on any atom is -0.467 e. The van der Waals surface area contributed by atoms with E-state index in [4.69, 9.17) is 4.74 Å². The molecule has 2 aliphatic heterocycles. The van der Waals surface area contributed by atoms with Crippen molar-refractivity contribution in [2.45, 2.75) is 11.6 Å². The summed E-state index contributed by atoms with van der Waals surface area (Å²) in [5, 5.41) is 0. The number of hydrogen-bond donors (Lipinski definition) is 0. The predicted molar refractivity (Wildman–Crippen MR) is 88.6 cm³/mol. The molecule has 7 nitrogen and oxygen atoms in total. The van der Waals surface area contributed by atoms with Crippen LogP contribution in [0.2, 0.25) is 0 Å². The molecule has 126 valence electrons. The van der Waals surface area contributed by atoms with Gasteiger partial charge in [-0.2, -0.15) is 0 Å². The Morgan fingerprint density at radius 3 is 2.48 bits per heavy atom. The van der Waals surface area contributed by atoms with E-state index < -0.39 is 22.9 Å². The number of carbonyl (C=O) groups is 1. The first-order chi connectivity index (χ1) is 12.1. The zero-order chi connectivity index (χ0) is 17.3. The highest BCUT2D eigenvalue weighted by molar-refractivity contribution is 5.83. The SMILES string of the molecule is COC(=O)[C@@]12C=C[C@@H]([C@H]3C=C[C@H]31)n1c(=O)n(-c3ccccc3)c(=O)n12. The van der Waals surface area contributed by atoms with Crippen molar-refractivity contribution < 1.29 is 9.53 Å². The maximum Gasteiger partial charge on any atom is 0.353 e. The van der Waals surface area contributed by atoms with Crippen LogP contribution in [0.3, 0.4) is 0 Å². The monoisotopic (exact) mass is 337 g/mol. The Morgan fingerprint density at radius 1 is 1.08 bits per heavy atom. The Labute approximate surface area is 142 Å². The van der Waals surface area contributed by atoms with Crippen LogP contribution in [-0.4, -0.2) is 27.0 Å². The van der Waals surface area contributed by atoms with Gasteiger partial charge in [0.25, 0.3) is 0 Å². The fraction of sp³-hybridized carbons (Fsp3) is 0.278. The van der Waals surface area contributed by atoms with E-state index in [-0.39, 0.29) is 17.9 Å². The zero-order valence-corrected chi connectivity index (χ0v) is 13.4. The van der Waals surface area contributed by atoms with E-state index in [0.717, 1.165) is 4.57 Å². The van der Waals surface area contributed by atoms with E-state index in [2.05, 4.69) is 0 Å². The molecule has 0 saturated heterocycles. The first-order valence-electron chi connectivity index (χ1n) is 8.10. The number of carbonyl (C=O) groups excluding carboxylic acids is 1. The molecule has 0 amide bonds. The smallest absolute Gasteiger partial charge is 0.353 e. The Balaban J connectivity index is 1.88. The molecular weight excluding hydrogens is 322 g/mol. The summed E-state index contributed by atoms with van der Waals surface area (Å²) in [4.78, 5) is 38.9. The maximum atomic E-state index is 13.2. The Hall–Kier alpha value is -3.09. The maximum absolute atomic E-state index is 13.2. The predicted octanol–water partition coefficient (Wildman–Crippen LogP) is 0.596. The van der Waals surface area contributed by atoms with Crippen LogP contribution in [-0.2, 0) is 15.1 Å². The summed E-state index contributed by atoms with van der Waals surface area (Å²) in [5.41, 5.74) is -1.81. The molecule has 0 saturated carbocycles. The van der Waals surface area contributed by atoms with Gasteiger partial charge in [0.1, 0.15) is 0 Å². The first kappa shape index (κ1) is 14.3. The normalized spacial score (nSPS) is 30.5. The third-order valence-electron chi connectivity index (χ3n) is 5.54. The molecule has 1 aromatic heterocycles. The molecule has 6 rings (SSSR count). The van der Waals surface area contributed by atoms with Crippen molar-refractivity contribution in [3.8, 4) is 5.69 Å². The molecule has 2 aliphatic carbocycles. The minimum atomic E-state index is -1.31. The van der Waals surface area contributed by atoms with Crippen molar-refractivity contribution in [1.82, 2.24) is 13.9 Å². The van der Waals surface area contributed by atoms with Crippen molar-refractivity contribution in [1.29, 1.82) is 0 Å².